The Labute approximate surface area is 152 Å². The van der Waals surface area contributed by atoms with E-state index in [9.17, 15) is 13.2 Å². The van der Waals surface area contributed by atoms with Crippen LogP contribution in [0.3, 0.4) is 0 Å². The van der Waals surface area contributed by atoms with Crippen molar-refractivity contribution < 1.29 is 13.2 Å². The summed E-state index contributed by atoms with van der Waals surface area (Å²) < 4.78 is 30.1. The minimum absolute atomic E-state index is 0.0186. The SMILES string of the molecule is CNC(=O)C1(Nc2ccn(C)n2)CCN(S(=O)(=O)c2cn(C)cn2)CC1. The van der Waals surface area contributed by atoms with Gasteiger partial charge in [-0.1, -0.05) is 0 Å². The molecule has 0 bridgehead atoms. The molecule has 1 aliphatic heterocycles. The standard InChI is InChI=1S/C15H23N7O3S/c1-16-14(23)15(18-12-4-7-21(3)19-12)5-8-22(9-6-15)26(24,25)13-10-20(2)11-17-13/h4,7,10-11H,5-6,8-9H2,1-3H3,(H,16,23)(H,18,19). The fourth-order valence-corrected chi connectivity index (χ4v) is 4.55. The van der Waals surface area contributed by atoms with Crippen LogP contribution in [0.5, 0.6) is 0 Å². The van der Waals surface area contributed by atoms with Crippen molar-refractivity contribution in [2.75, 3.05) is 25.5 Å². The number of sulfonamides is 1. The van der Waals surface area contributed by atoms with E-state index in [0.29, 0.717) is 18.7 Å². The van der Waals surface area contributed by atoms with E-state index >= 15 is 0 Å². The number of likely N-dealkylation sites (N-methyl/N-ethyl adjacent to an activating group) is 1. The van der Waals surface area contributed by atoms with Gasteiger partial charge in [0.1, 0.15) is 11.4 Å². The molecular weight excluding hydrogens is 358 g/mol. The summed E-state index contributed by atoms with van der Waals surface area (Å²) in [5.74, 6) is 0.398. The Morgan fingerprint density at radius 3 is 2.46 bits per heavy atom. The van der Waals surface area contributed by atoms with Crippen molar-refractivity contribution in [2.45, 2.75) is 23.4 Å². The van der Waals surface area contributed by atoms with Crippen molar-refractivity contribution in [3.8, 4) is 0 Å². The zero-order chi connectivity index (χ0) is 18.9. The number of nitrogens with zero attached hydrogens (tertiary/aromatic N) is 5. The molecule has 0 radical (unpaired) electrons. The fourth-order valence-electron chi connectivity index (χ4n) is 3.14. The summed E-state index contributed by atoms with van der Waals surface area (Å²) in [5.41, 5.74) is -0.904. The van der Waals surface area contributed by atoms with Crippen LogP contribution in [0.1, 0.15) is 12.8 Å². The molecule has 0 saturated carbocycles. The number of rotatable bonds is 5. The normalized spacial score (nSPS) is 17.8. The maximum Gasteiger partial charge on any atom is 0.262 e. The topological polar surface area (TPSA) is 114 Å². The summed E-state index contributed by atoms with van der Waals surface area (Å²) >= 11 is 0. The van der Waals surface area contributed by atoms with Crippen molar-refractivity contribution in [3.05, 3.63) is 24.8 Å². The highest BCUT2D eigenvalue weighted by molar-refractivity contribution is 7.89. The van der Waals surface area contributed by atoms with E-state index in [1.165, 1.54) is 16.8 Å². The minimum Gasteiger partial charge on any atom is -0.357 e. The molecule has 142 valence electrons. The van der Waals surface area contributed by atoms with Gasteiger partial charge in [0.15, 0.2) is 5.03 Å². The third-order valence-corrected chi connectivity index (χ3v) is 6.39. The molecule has 11 heteroatoms. The van der Waals surface area contributed by atoms with Crippen molar-refractivity contribution in [3.63, 3.8) is 0 Å². The summed E-state index contributed by atoms with van der Waals surface area (Å²) in [6.07, 6.45) is 5.36. The van der Waals surface area contributed by atoms with E-state index < -0.39 is 15.6 Å². The molecule has 1 amide bonds. The van der Waals surface area contributed by atoms with E-state index in [-0.39, 0.29) is 24.0 Å². The van der Waals surface area contributed by atoms with E-state index in [0.717, 1.165) is 0 Å². The second-order valence-corrected chi connectivity index (χ2v) is 8.33. The molecule has 0 atom stereocenters. The highest BCUT2D eigenvalue weighted by Crippen LogP contribution is 2.29. The van der Waals surface area contributed by atoms with Gasteiger partial charge in [-0.25, -0.2) is 13.4 Å². The quantitative estimate of drug-likeness (QED) is 0.724. The maximum absolute atomic E-state index is 12.7. The number of carbonyl (C=O) groups excluding carboxylic acids is 1. The number of hydrogen-bond donors (Lipinski definition) is 2. The first-order valence-corrected chi connectivity index (χ1v) is 9.69. The number of anilines is 1. The molecule has 0 unspecified atom stereocenters. The second kappa shape index (κ2) is 6.72. The van der Waals surface area contributed by atoms with Crippen LogP contribution < -0.4 is 10.6 Å². The first-order chi connectivity index (χ1) is 12.3. The third kappa shape index (κ3) is 3.31. The molecule has 0 aliphatic carbocycles. The van der Waals surface area contributed by atoms with Gasteiger partial charge in [-0.2, -0.15) is 9.40 Å². The van der Waals surface area contributed by atoms with Gasteiger partial charge in [-0.15, -0.1) is 0 Å². The highest BCUT2D eigenvalue weighted by Gasteiger charge is 2.44. The Bertz CT molecular complexity index is 894. The van der Waals surface area contributed by atoms with Crippen molar-refractivity contribution in [1.29, 1.82) is 0 Å². The van der Waals surface area contributed by atoms with Crippen LogP contribution in [0.2, 0.25) is 0 Å². The van der Waals surface area contributed by atoms with Gasteiger partial charge in [-0.05, 0) is 12.8 Å². The Hall–Kier alpha value is -2.40. The molecule has 0 aromatic carbocycles. The number of nitrogens with one attached hydrogen (secondary N) is 2. The summed E-state index contributed by atoms with van der Waals surface area (Å²) in [4.78, 5) is 16.5. The van der Waals surface area contributed by atoms with Crippen LogP contribution in [-0.2, 0) is 28.9 Å². The number of amides is 1. The molecule has 10 nitrogen and oxygen atoms in total. The lowest BCUT2D eigenvalue weighted by molar-refractivity contribution is -0.126. The predicted molar refractivity (Wildman–Crippen MR) is 94.8 cm³/mol. The second-order valence-electron chi connectivity index (χ2n) is 6.44. The average molecular weight is 381 g/mol. The van der Waals surface area contributed by atoms with Gasteiger partial charge < -0.3 is 15.2 Å². The van der Waals surface area contributed by atoms with E-state index in [1.54, 1.807) is 42.7 Å². The molecule has 26 heavy (non-hydrogen) atoms. The summed E-state index contributed by atoms with van der Waals surface area (Å²) in [6, 6.07) is 1.78. The molecule has 3 heterocycles. The molecule has 2 aromatic heterocycles. The largest absolute Gasteiger partial charge is 0.357 e. The van der Waals surface area contributed by atoms with Gasteiger partial charge in [0, 0.05) is 52.7 Å². The van der Waals surface area contributed by atoms with Crippen molar-refractivity contribution >= 4 is 21.7 Å². The number of carbonyl (C=O) groups is 1. The summed E-state index contributed by atoms with van der Waals surface area (Å²) in [6.45, 7) is 0.429. The monoisotopic (exact) mass is 381 g/mol. The number of aromatic nitrogens is 4. The average Bonchev–Trinajstić information content (AvgIpc) is 3.23. The van der Waals surface area contributed by atoms with Gasteiger partial charge in [0.2, 0.25) is 5.91 Å². The van der Waals surface area contributed by atoms with E-state index in [2.05, 4.69) is 20.7 Å². The molecular formula is C15H23N7O3S. The maximum atomic E-state index is 12.7. The third-order valence-electron chi connectivity index (χ3n) is 4.60. The molecule has 1 aliphatic rings. The van der Waals surface area contributed by atoms with Crippen LogP contribution in [0.4, 0.5) is 5.82 Å². The Balaban J connectivity index is 1.79. The Morgan fingerprint density at radius 2 is 1.96 bits per heavy atom. The molecule has 1 saturated heterocycles. The summed E-state index contributed by atoms with van der Waals surface area (Å²) in [5, 5.41) is 10.2. The molecule has 1 fully saturated rings. The van der Waals surface area contributed by atoms with E-state index in [1.807, 2.05) is 0 Å². The lowest BCUT2D eigenvalue weighted by Crippen LogP contribution is -2.58. The van der Waals surface area contributed by atoms with Gasteiger partial charge in [-0.3, -0.25) is 9.48 Å². The molecule has 2 N–H and O–H groups in total. The predicted octanol–water partition coefficient (Wildman–Crippen LogP) is -0.465. The van der Waals surface area contributed by atoms with Crippen molar-refractivity contribution in [2.24, 2.45) is 14.1 Å². The fraction of sp³-hybridized carbons (Fsp3) is 0.533. The summed E-state index contributed by atoms with van der Waals surface area (Å²) in [7, 11) is 1.41. The van der Waals surface area contributed by atoms with Gasteiger partial charge in [0.05, 0.1) is 6.33 Å². The smallest absolute Gasteiger partial charge is 0.262 e. The Morgan fingerprint density at radius 1 is 1.27 bits per heavy atom. The first kappa shape index (κ1) is 18.4. The number of piperidine rings is 1. The molecule has 3 rings (SSSR count). The van der Waals surface area contributed by atoms with Crippen LogP contribution >= 0.6 is 0 Å². The van der Waals surface area contributed by atoms with Gasteiger partial charge >= 0.3 is 0 Å². The van der Waals surface area contributed by atoms with E-state index in [4.69, 9.17) is 0 Å². The lowest BCUT2D eigenvalue weighted by Gasteiger charge is -2.40. The molecule has 0 spiro atoms. The van der Waals surface area contributed by atoms with Crippen LogP contribution in [-0.4, -0.2) is 63.6 Å². The van der Waals surface area contributed by atoms with Gasteiger partial charge in [0.25, 0.3) is 10.0 Å². The highest BCUT2D eigenvalue weighted by atomic mass is 32.2. The van der Waals surface area contributed by atoms with Crippen LogP contribution in [0, 0.1) is 0 Å². The van der Waals surface area contributed by atoms with Crippen molar-refractivity contribution in [1.82, 2.24) is 29.0 Å². The lowest BCUT2D eigenvalue weighted by atomic mass is 9.87. The Kier molecular flexibility index (Phi) is 4.76. The number of imidazole rings is 1. The molecule has 2 aromatic rings. The first-order valence-electron chi connectivity index (χ1n) is 8.25. The minimum atomic E-state index is -3.67. The number of aryl methyl sites for hydroxylation is 2. The number of hydrogen-bond acceptors (Lipinski definition) is 6. The zero-order valence-electron chi connectivity index (χ0n) is 15.0. The van der Waals surface area contributed by atoms with Crippen LogP contribution in [0.25, 0.3) is 0 Å². The van der Waals surface area contributed by atoms with Crippen LogP contribution in [0.15, 0.2) is 29.8 Å². The zero-order valence-corrected chi connectivity index (χ0v) is 15.8.